The van der Waals surface area contributed by atoms with E-state index in [1.165, 1.54) is 5.56 Å². The van der Waals surface area contributed by atoms with Gasteiger partial charge >= 0.3 is 0 Å². The van der Waals surface area contributed by atoms with Gasteiger partial charge in [0.1, 0.15) is 0 Å². The Morgan fingerprint density at radius 3 is 2.95 bits per heavy atom. The minimum absolute atomic E-state index is 0.189. The normalized spacial score (nSPS) is 18.1. The van der Waals surface area contributed by atoms with Crippen LogP contribution in [-0.2, 0) is 16.0 Å². The van der Waals surface area contributed by atoms with Gasteiger partial charge in [0.25, 0.3) is 0 Å². The Morgan fingerprint density at radius 1 is 1.45 bits per heavy atom. The van der Waals surface area contributed by atoms with Crippen LogP contribution in [0.5, 0.6) is 0 Å². The molecule has 0 unspecified atom stereocenters. The lowest BCUT2D eigenvalue weighted by molar-refractivity contribution is -0.146. The standard InChI is InChI=1S/C16H22ClNO2/c1-16(2)12-20-10-9-18(16)15(19)8-4-6-13-5-3-7-14(17)11-13/h3,5,7,11H,4,6,8-10,12H2,1-2H3. The molecule has 0 spiro atoms. The largest absolute Gasteiger partial charge is 0.377 e. The lowest BCUT2D eigenvalue weighted by Gasteiger charge is -2.42. The quantitative estimate of drug-likeness (QED) is 0.853. The minimum Gasteiger partial charge on any atom is -0.377 e. The molecule has 20 heavy (non-hydrogen) atoms. The van der Waals surface area contributed by atoms with Gasteiger partial charge in [-0.15, -0.1) is 0 Å². The van der Waals surface area contributed by atoms with E-state index in [0.717, 1.165) is 17.9 Å². The summed E-state index contributed by atoms with van der Waals surface area (Å²) in [6.45, 7) is 6.07. The average Bonchev–Trinajstić information content (AvgIpc) is 2.38. The molecule has 0 radical (unpaired) electrons. The number of halogens is 1. The van der Waals surface area contributed by atoms with Crippen LogP contribution in [0.25, 0.3) is 0 Å². The van der Waals surface area contributed by atoms with Crippen molar-refractivity contribution < 1.29 is 9.53 Å². The molecule has 2 rings (SSSR count). The summed E-state index contributed by atoms with van der Waals surface area (Å²) in [7, 11) is 0. The van der Waals surface area contributed by atoms with Gasteiger partial charge in [-0.05, 0) is 44.4 Å². The van der Waals surface area contributed by atoms with Crippen molar-refractivity contribution in [3.05, 3.63) is 34.9 Å². The smallest absolute Gasteiger partial charge is 0.223 e. The van der Waals surface area contributed by atoms with Crippen molar-refractivity contribution in [2.24, 2.45) is 0 Å². The van der Waals surface area contributed by atoms with Gasteiger partial charge in [-0.2, -0.15) is 0 Å². The van der Waals surface area contributed by atoms with Crippen molar-refractivity contribution in [1.29, 1.82) is 0 Å². The third-order valence-corrected chi connectivity index (χ3v) is 3.93. The summed E-state index contributed by atoms with van der Waals surface area (Å²) < 4.78 is 5.44. The number of carbonyl (C=O) groups is 1. The highest BCUT2D eigenvalue weighted by Gasteiger charge is 2.33. The van der Waals surface area contributed by atoms with Crippen LogP contribution >= 0.6 is 11.6 Å². The maximum absolute atomic E-state index is 12.3. The number of hydrogen-bond donors (Lipinski definition) is 0. The van der Waals surface area contributed by atoms with Crippen LogP contribution in [0, 0.1) is 0 Å². The molecule has 1 heterocycles. The molecule has 0 atom stereocenters. The zero-order chi connectivity index (χ0) is 14.6. The van der Waals surface area contributed by atoms with Gasteiger partial charge in [0.05, 0.1) is 18.8 Å². The van der Waals surface area contributed by atoms with Crippen LogP contribution in [0.15, 0.2) is 24.3 Å². The minimum atomic E-state index is -0.189. The van der Waals surface area contributed by atoms with Crippen molar-refractivity contribution in [3.8, 4) is 0 Å². The molecule has 110 valence electrons. The highest BCUT2D eigenvalue weighted by Crippen LogP contribution is 2.21. The number of benzene rings is 1. The Bertz CT molecular complexity index is 473. The van der Waals surface area contributed by atoms with E-state index < -0.39 is 0 Å². The summed E-state index contributed by atoms with van der Waals surface area (Å²) in [4.78, 5) is 14.3. The van der Waals surface area contributed by atoms with E-state index in [1.807, 2.05) is 23.1 Å². The van der Waals surface area contributed by atoms with Gasteiger partial charge in [-0.1, -0.05) is 23.7 Å². The van der Waals surface area contributed by atoms with Crippen LogP contribution in [0.3, 0.4) is 0 Å². The van der Waals surface area contributed by atoms with E-state index in [0.29, 0.717) is 26.2 Å². The highest BCUT2D eigenvalue weighted by molar-refractivity contribution is 6.30. The first-order valence-corrected chi connectivity index (χ1v) is 7.49. The molecular formula is C16H22ClNO2. The van der Waals surface area contributed by atoms with Gasteiger partial charge in [0.2, 0.25) is 5.91 Å². The molecule has 0 saturated carbocycles. The van der Waals surface area contributed by atoms with Crippen LogP contribution in [0.2, 0.25) is 5.02 Å². The third kappa shape index (κ3) is 3.97. The van der Waals surface area contributed by atoms with Crippen molar-refractivity contribution in [1.82, 2.24) is 4.90 Å². The van der Waals surface area contributed by atoms with Gasteiger partial charge in [0, 0.05) is 18.0 Å². The van der Waals surface area contributed by atoms with E-state index in [9.17, 15) is 4.79 Å². The van der Waals surface area contributed by atoms with Gasteiger partial charge in [-0.3, -0.25) is 4.79 Å². The molecule has 0 bridgehead atoms. The van der Waals surface area contributed by atoms with E-state index in [1.54, 1.807) is 0 Å². The molecular weight excluding hydrogens is 274 g/mol. The molecule has 1 aromatic rings. The lowest BCUT2D eigenvalue weighted by Crippen LogP contribution is -2.55. The predicted molar refractivity (Wildman–Crippen MR) is 81.0 cm³/mol. The van der Waals surface area contributed by atoms with Gasteiger partial charge < -0.3 is 9.64 Å². The summed E-state index contributed by atoms with van der Waals surface area (Å²) in [5.74, 6) is 0.223. The zero-order valence-electron chi connectivity index (χ0n) is 12.2. The topological polar surface area (TPSA) is 29.5 Å². The molecule has 0 aromatic heterocycles. The summed E-state index contributed by atoms with van der Waals surface area (Å²) in [6, 6.07) is 7.83. The molecule has 0 N–H and O–H groups in total. The summed E-state index contributed by atoms with van der Waals surface area (Å²) >= 11 is 5.96. The Kier molecular flexibility index (Phi) is 5.06. The molecule has 0 aliphatic carbocycles. The summed E-state index contributed by atoms with van der Waals surface area (Å²) in [6.07, 6.45) is 2.32. The highest BCUT2D eigenvalue weighted by atomic mass is 35.5. The first-order valence-electron chi connectivity index (χ1n) is 7.12. The number of amides is 1. The fourth-order valence-electron chi connectivity index (χ4n) is 2.59. The second-order valence-electron chi connectivity index (χ2n) is 5.89. The molecule has 1 amide bonds. The predicted octanol–water partition coefficient (Wildman–Crippen LogP) is 3.30. The van der Waals surface area contributed by atoms with Gasteiger partial charge in [-0.25, -0.2) is 0 Å². The van der Waals surface area contributed by atoms with Crippen molar-refractivity contribution in [2.45, 2.75) is 38.6 Å². The molecule has 1 aliphatic rings. The van der Waals surface area contributed by atoms with E-state index in [2.05, 4.69) is 19.9 Å². The molecule has 1 aromatic carbocycles. The van der Waals surface area contributed by atoms with Crippen molar-refractivity contribution in [3.63, 3.8) is 0 Å². The number of carbonyl (C=O) groups excluding carboxylic acids is 1. The second kappa shape index (κ2) is 6.59. The zero-order valence-corrected chi connectivity index (χ0v) is 12.9. The van der Waals surface area contributed by atoms with E-state index in [-0.39, 0.29) is 11.4 Å². The number of aryl methyl sites for hydroxylation is 1. The average molecular weight is 296 g/mol. The van der Waals surface area contributed by atoms with Crippen LogP contribution in [0.1, 0.15) is 32.3 Å². The Balaban J connectivity index is 1.83. The fourth-order valence-corrected chi connectivity index (χ4v) is 2.80. The van der Waals surface area contributed by atoms with Crippen LogP contribution in [-0.4, -0.2) is 36.1 Å². The van der Waals surface area contributed by atoms with Gasteiger partial charge in [0.15, 0.2) is 0 Å². The number of ether oxygens (including phenoxy) is 1. The molecule has 4 heteroatoms. The molecule has 1 saturated heterocycles. The van der Waals surface area contributed by atoms with Crippen LogP contribution < -0.4 is 0 Å². The number of nitrogens with zero attached hydrogens (tertiary/aromatic N) is 1. The Labute approximate surface area is 125 Å². The van der Waals surface area contributed by atoms with E-state index in [4.69, 9.17) is 16.3 Å². The Hall–Kier alpha value is -1.06. The molecule has 3 nitrogen and oxygen atoms in total. The van der Waals surface area contributed by atoms with Crippen molar-refractivity contribution >= 4 is 17.5 Å². The number of morpholine rings is 1. The first kappa shape index (κ1) is 15.3. The fraction of sp³-hybridized carbons (Fsp3) is 0.562. The molecule has 1 aliphatic heterocycles. The monoisotopic (exact) mass is 295 g/mol. The maximum Gasteiger partial charge on any atom is 0.223 e. The molecule has 1 fully saturated rings. The van der Waals surface area contributed by atoms with Crippen LogP contribution in [0.4, 0.5) is 0 Å². The third-order valence-electron chi connectivity index (χ3n) is 3.69. The maximum atomic E-state index is 12.3. The van der Waals surface area contributed by atoms with Crippen molar-refractivity contribution in [2.75, 3.05) is 19.8 Å². The SMILES string of the molecule is CC1(C)COCCN1C(=O)CCCc1cccc(Cl)c1. The summed E-state index contributed by atoms with van der Waals surface area (Å²) in [5, 5.41) is 0.753. The number of rotatable bonds is 4. The lowest BCUT2D eigenvalue weighted by atomic mass is 10.0. The second-order valence-corrected chi connectivity index (χ2v) is 6.33. The summed E-state index contributed by atoms with van der Waals surface area (Å²) in [5.41, 5.74) is 0.998. The number of hydrogen-bond acceptors (Lipinski definition) is 2. The van der Waals surface area contributed by atoms with E-state index >= 15 is 0 Å². The Morgan fingerprint density at radius 2 is 2.25 bits per heavy atom. The first-order chi connectivity index (χ1) is 9.49.